The molecule has 0 N–H and O–H groups in total. The van der Waals surface area contributed by atoms with Crippen LogP contribution in [0.4, 0.5) is 0 Å². The maximum absolute atomic E-state index is 12.0. The van der Waals surface area contributed by atoms with Crippen molar-refractivity contribution in [1.82, 2.24) is 0 Å². The third-order valence-corrected chi connectivity index (χ3v) is 4.12. The van der Waals surface area contributed by atoms with Gasteiger partial charge in [0, 0.05) is 16.0 Å². The van der Waals surface area contributed by atoms with E-state index in [9.17, 15) is 4.21 Å². The molecule has 0 aliphatic carbocycles. The van der Waals surface area contributed by atoms with E-state index in [4.69, 9.17) is 5.26 Å². The molecule has 2 atom stereocenters. The van der Waals surface area contributed by atoms with Crippen LogP contribution in [0, 0.1) is 11.3 Å². The van der Waals surface area contributed by atoms with E-state index < -0.39 is 10.8 Å². The lowest BCUT2D eigenvalue weighted by molar-refractivity contribution is 0.665. The first kappa shape index (κ1) is 11.9. The van der Waals surface area contributed by atoms with Gasteiger partial charge < -0.3 is 0 Å². The average molecular weight is 221 g/mol. The van der Waals surface area contributed by atoms with Gasteiger partial charge in [0.2, 0.25) is 0 Å². The Balaban J connectivity index is 2.94. The van der Waals surface area contributed by atoms with Crippen LogP contribution in [0.15, 0.2) is 30.3 Å². The molecule has 0 radical (unpaired) electrons. The summed E-state index contributed by atoms with van der Waals surface area (Å²) in [7, 11) is -0.983. The quantitative estimate of drug-likeness (QED) is 0.784. The largest absolute Gasteiger partial charge is 0.259 e. The van der Waals surface area contributed by atoms with Gasteiger partial charge in [0.25, 0.3) is 0 Å². The van der Waals surface area contributed by atoms with Crippen LogP contribution in [0.3, 0.4) is 0 Å². The number of hydrogen-bond acceptors (Lipinski definition) is 2. The Morgan fingerprint density at radius 2 is 1.93 bits per heavy atom. The van der Waals surface area contributed by atoms with Gasteiger partial charge in [0.15, 0.2) is 0 Å². The van der Waals surface area contributed by atoms with Crippen LogP contribution in [0.5, 0.6) is 0 Å². The van der Waals surface area contributed by atoms with Gasteiger partial charge in [0.1, 0.15) is 0 Å². The molecule has 80 valence electrons. The second-order valence-electron chi connectivity index (χ2n) is 3.64. The van der Waals surface area contributed by atoms with E-state index in [1.54, 1.807) is 0 Å². The number of nitriles is 1. The number of nitrogens with zero attached hydrogens (tertiary/aromatic N) is 1. The van der Waals surface area contributed by atoms with E-state index >= 15 is 0 Å². The highest BCUT2D eigenvalue weighted by atomic mass is 32.2. The van der Waals surface area contributed by atoms with Crippen molar-refractivity contribution in [3.63, 3.8) is 0 Å². The summed E-state index contributed by atoms with van der Waals surface area (Å²) in [4.78, 5) is 0. The minimum absolute atomic E-state index is 0.0866. The van der Waals surface area contributed by atoms with Crippen molar-refractivity contribution in [2.24, 2.45) is 0 Å². The number of benzene rings is 1. The SMILES string of the molecule is CC(C)S(=O)C(CC#N)c1ccccc1. The summed E-state index contributed by atoms with van der Waals surface area (Å²) in [5.74, 6) is 0. The molecule has 0 aromatic heterocycles. The summed E-state index contributed by atoms with van der Waals surface area (Å²) in [6, 6.07) is 11.7. The second-order valence-corrected chi connectivity index (χ2v) is 5.81. The van der Waals surface area contributed by atoms with E-state index in [-0.39, 0.29) is 10.5 Å². The van der Waals surface area contributed by atoms with E-state index in [2.05, 4.69) is 6.07 Å². The monoisotopic (exact) mass is 221 g/mol. The van der Waals surface area contributed by atoms with Gasteiger partial charge in [-0.2, -0.15) is 5.26 Å². The van der Waals surface area contributed by atoms with E-state index in [1.165, 1.54) is 0 Å². The standard InChI is InChI=1S/C12H15NOS/c1-10(2)15(14)12(8-9-13)11-6-4-3-5-7-11/h3-7,10,12H,8H2,1-2H3. The van der Waals surface area contributed by atoms with Crippen LogP contribution >= 0.6 is 0 Å². The molecule has 0 bridgehead atoms. The maximum atomic E-state index is 12.0. The Kier molecular flexibility index (Phi) is 4.51. The second kappa shape index (κ2) is 5.67. The fourth-order valence-electron chi connectivity index (χ4n) is 1.41. The van der Waals surface area contributed by atoms with Gasteiger partial charge in [-0.1, -0.05) is 44.2 Å². The van der Waals surface area contributed by atoms with Gasteiger partial charge in [-0.3, -0.25) is 4.21 Å². The molecule has 2 unspecified atom stereocenters. The lowest BCUT2D eigenvalue weighted by Crippen LogP contribution is -2.14. The van der Waals surface area contributed by atoms with E-state index in [1.807, 2.05) is 44.2 Å². The summed E-state index contributed by atoms with van der Waals surface area (Å²) in [6.07, 6.45) is 0.314. The minimum Gasteiger partial charge on any atom is -0.259 e. The molecule has 0 aliphatic heterocycles. The van der Waals surface area contributed by atoms with Gasteiger partial charge >= 0.3 is 0 Å². The first-order chi connectivity index (χ1) is 7.16. The molecule has 0 saturated heterocycles. The summed E-state index contributed by atoms with van der Waals surface area (Å²) in [6.45, 7) is 3.84. The molecule has 0 saturated carbocycles. The first-order valence-electron chi connectivity index (χ1n) is 4.98. The summed E-state index contributed by atoms with van der Waals surface area (Å²) in [5, 5.41) is 8.67. The zero-order valence-corrected chi connectivity index (χ0v) is 9.83. The fourth-order valence-corrected chi connectivity index (χ4v) is 2.73. The highest BCUT2D eigenvalue weighted by Crippen LogP contribution is 2.25. The Bertz CT molecular complexity index is 367. The Morgan fingerprint density at radius 1 is 1.33 bits per heavy atom. The zero-order chi connectivity index (χ0) is 11.3. The molecule has 0 aliphatic rings. The lowest BCUT2D eigenvalue weighted by Gasteiger charge is -2.16. The van der Waals surface area contributed by atoms with E-state index in [0.29, 0.717) is 6.42 Å². The predicted molar refractivity (Wildman–Crippen MR) is 62.7 cm³/mol. The molecule has 1 aromatic carbocycles. The van der Waals surface area contributed by atoms with Crippen LogP contribution in [0.1, 0.15) is 31.1 Å². The Hall–Kier alpha value is -1.14. The first-order valence-corrected chi connectivity index (χ1v) is 6.25. The van der Waals surface area contributed by atoms with Gasteiger partial charge in [-0.25, -0.2) is 0 Å². The van der Waals surface area contributed by atoms with E-state index in [0.717, 1.165) is 5.56 Å². The van der Waals surface area contributed by atoms with Crippen molar-refractivity contribution < 1.29 is 4.21 Å². The van der Waals surface area contributed by atoms with Crippen LogP contribution in [-0.2, 0) is 10.8 Å². The van der Waals surface area contributed by atoms with Crippen LogP contribution in [0.25, 0.3) is 0 Å². The normalized spacial score (nSPS) is 14.5. The summed E-state index contributed by atoms with van der Waals surface area (Å²) >= 11 is 0. The molecule has 0 amide bonds. The molecule has 15 heavy (non-hydrogen) atoms. The van der Waals surface area contributed by atoms with Crippen molar-refractivity contribution >= 4 is 10.8 Å². The van der Waals surface area contributed by atoms with Gasteiger partial charge in [-0.15, -0.1) is 0 Å². The van der Waals surface area contributed by atoms with Crippen LogP contribution in [0.2, 0.25) is 0 Å². The molecule has 0 heterocycles. The van der Waals surface area contributed by atoms with Gasteiger partial charge in [0.05, 0.1) is 17.7 Å². The number of hydrogen-bond donors (Lipinski definition) is 0. The molecule has 3 heteroatoms. The highest BCUT2D eigenvalue weighted by molar-refractivity contribution is 7.85. The highest BCUT2D eigenvalue weighted by Gasteiger charge is 2.20. The summed E-state index contributed by atoms with van der Waals surface area (Å²) in [5.41, 5.74) is 0.992. The Morgan fingerprint density at radius 3 is 2.40 bits per heavy atom. The van der Waals surface area contributed by atoms with Crippen molar-refractivity contribution in [3.8, 4) is 6.07 Å². The van der Waals surface area contributed by atoms with Crippen LogP contribution < -0.4 is 0 Å². The third kappa shape index (κ3) is 3.17. The van der Waals surface area contributed by atoms with Crippen molar-refractivity contribution in [2.75, 3.05) is 0 Å². The van der Waals surface area contributed by atoms with Crippen molar-refractivity contribution in [2.45, 2.75) is 30.8 Å². The maximum Gasteiger partial charge on any atom is 0.0729 e. The molecule has 0 spiro atoms. The van der Waals surface area contributed by atoms with Crippen molar-refractivity contribution in [1.29, 1.82) is 5.26 Å². The lowest BCUT2D eigenvalue weighted by atomic mass is 10.1. The van der Waals surface area contributed by atoms with Crippen molar-refractivity contribution in [3.05, 3.63) is 35.9 Å². The smallest absolute Gasteiger partial charge is 0.0729 e. The summed E-state index contributed by atoms with van der Waals surface area (Å²) < 4.78 is 12.0. The Labute approximate surface area is 93.4 Å². The molecular weight excluding hydrogens is 206 g/mol. The minimum atomic E-state index is -0.983. The van der Waals surface area contributed by atoms with Gasteiger partial charge in [-0.05, 0) is 5.56 Å². The van der Waals surface area contributed by atoms with Crippen LogP contribution in [-0.4, -0.2) is 9.46 Å². The molecule has 2 nitrogen and oxygen atoms in total. The average Bonchev–Trinajstić information content (AvgIpc) is 2.26. The fraction of sp³-hybridized carbons (Fsp3) is 0.417. The molecule has 1 rings (SSSR count). The third-order valence-electron chi connectivity index (χ3n) is 2.19. The molecule has 0 fully saturated rings. The number of rotatable bonds is 4. The molecular formula is C12H15NOS. The molecule has 1 aromatic rings. The predicted octanol–water partition coefficient (Wildman–Crippen LogP) is 2.80. The topological polar surface area (TPSA) is 40.9 Å². The zero-order valence-electron chi connectivity index (χ0n) is 9.01.